The molecule has 4 nitrogen and oxygen atoms in total. The number of benzene rings is 2. The fourth-order valence-corrected chi connectivity index (χ4v) is 3.04. The summed E-state index contributed by atoms with van der Waals surface area (Å²) in [7, 11) is 0. The summed E-state index contributed by atoms with van der Waals surface area (Å²) in [4.78, 5) is 7.76. The number of rotatable bonds is 3. The number of nitrogens with zero attached hydrogens (tertiary/aromatic N) is 3. The van der Waals surface area contributed by atoms with Gasteiger partial charge in [-0.15, -0.1) is 0 Å². The zero-order chi connectivity index (χ0) is 16.5. The van der Waals surface area contributed by atoms with Crippen LogP contribution in [0.3, 0.4) is 0 Å². The minimum atomic E-state index is 0.533. The molecular weight excluding hydrogens is 296 g/mol. The lowest BCUT2D eigenvalue weighted by molar-refractivity contribution is 0.797. The predicted octanol–water partition coefficient (Wildman–Crippen LogP) is 4.60. The number of hydrogen-bond acceptors (Lipinski definition) is 2. The van der Waals surface area contributed by atoms with Gasteiger partial charge in [-0.05, 0) is 31.2 Å². The minimum absolute atomic E-state index is 0.533. The summed E-state index contributed by atoms with van der Waals surface area (Å²) in [6.07, 6.45) is 4.00. The summed E-state index contributed by atoms with van der Waals surface area (Å²) in [6, 6.07) is 18.3. The molecule has 4 heteroatoms. The third-order valence-electron chi connectivity index (χ3n) is 4.22. The lowest BCUT2D eigenvalue weighted by atomic mass is 10.1. The number of para-hydroxylation sites is 3. The van der Waals surface area contributed by atoms with Crippen LogP contribution in [0.5, 0.6) is 0 Å². The molecule has 0 fully saturated rings. The van der Waals surface area contributed by atoms with Gasteiger partial charge in [-0.2, -0.15) is 5.26 Å². The second kappa shape index (κ2) is 5.71. The van der Waals surface area contributed by atoms with E-state index in [1.165, 1.54) is 5.52 Å². The molecule has 0 aliphatic carbocycles. The van der Waals surface area contributed by atoms with Crippen LogP contribution in [-0.4, -0.2) is 14.5 Å². The van der Waals surface area contributed by atoms with Crippen LogP contribution >= 0.6 is 0 Å². The van der Waals surface area contributed by atoms with E-state index in [2.05, 4.69) is 45.9 Å². The van der Waals surface area contributed by atoms with E-state index < -0.39 is 0 Å². The van der Waals surface area contributed by atoms with Gasteiger partial charge >= 0.3 is 0 Å². The van der Waals surface area contributed by atoms with Crippen LogP contribution in [0, 0.1) is 11.3 Å². The molecule has 0 saturated carbocycles. The van der Waals surface area contributed by atoms with Crippen molar-refractivity contribution < 1.29 is 0 Å². The van der Waals surface area contributed by atoms with Gasteiger partial charge in [0.15, 0.2) is 0 Å². The molecule has 0 radical (unpaired) electrons. The predicted molar refractivity (Wildman–Crippen MR) is 97.2 cm³/mol. The summed E-state index contributed by atoms with van der Waals surface area (Å²) in [6.45, 7) is 3.01. The van der Waals surface area contributed by atoms with Gasteiger partial charge in [-0.25, -0.2) is 4.98 Å². The topological polar surface area (TPSA) is 57.4 Å². The van der Waals surface area contributed by atoms with Crippen molar-refractivity contribution in [1.82, 2.24) is 14.5 Å². The van der Waals surface area contributed by atoms with Gasteiger partial charge in [-0.1, -0.05) is 30.3 Å². The quantitative estimate of drug-likeness (QED) is 0.562. The first-order chi connectivity index (χ1) is 11.8. The van der Waals surface area contributed by atoms with Crippen LogP contribution in [-0.2, 0) is 6.54 Å². The molecule has 0 atom stereocenters. The van der Waals surface area contributed by atoms with Crippen molar-refractivity contribution in [2.75, 3.05) is 0 Å². The third kappa shape index (κ3) is 2.27. The highest BCUT2D eigenvalue weighted by Gasteiger charge is 2.10. The molecular formula is C20H16N4. The third-order valence-corrected chi connectivity index (χ3v) is 4.22. The number of aromatic nitrogens is 3. The molecule has 0 unspecified atom stereocenters. The highest BCUT2D eigenvalue weighted by Crippen LogP contribution is 2.26. The van der Waals surface area contributed by atoms with Gasteiger partial charge < -0.3 is 9.55 Å². The maximum absolute atomic E-state index is 9.62. The van der Waals surface area contributed by atoms with Crippen molar-refractivity contribution in [3.63, 3.8) is 0 Å². The Balaban J connectivity index is 1.88. The molecule has 24 heavy (non-hydrogen) atoms. The fourth-order valence-electron chi connectivity index (χ4n) is 3.04. The number of H-pyrrole nitrogens is 1. The summed E-state index contributed by atoms with van der Waals surface area (Å²) in [5.74, 6) is 0.604. The molecule has 0 saturated heterocycles. The standard InChI is InChI=1S/C20H16N4/c1-2-24-13-15(16-7-3-6-10-19(16)24)11-14(12-21)20-22-17-8-4-5-9-18(17)23-20/h3-11,13H,2H2,1H3,(H,22,23)/b14-11+. The van der Waals surface area contributed by atoms with Gasteiger partial charge in [0.05, 0.1) is 16.6 Å². The Labute approximate surface area is 139 Å². The highest BCUT2D eigenvalue weighted by atomic mass is 14.9. The normalized spacial score (nSPS) is 11.9. The van der Waals surface area contributed by atoms with E-state index in [4.69, 9.17) is 0 Å². The average molecular weight is 312 g/mol. The first-order valence-electron chi connectivity index (χ1n) is 7.95. The monoisotopic (exact) mass is 312 g/mol. The van der Waals surface area contributed by atoms with Crippen LogP contribution < -0.4 is 0 Å². The summed E-state index contributed by atoms with van der Waals surface area (Å²) in [5.41, 5.74) is 4.54. The van der Waals surface area contributed by atoms with Crippen molar-refractivity contribution in [3.8, 4) is 6.07 Å². The minimum Gasteiger partial charge on any atom is -0.347 e. The van der Waals surface area contributed by atoms with Crippen molar-refractivity contribution in [2.24, 2.45) is 0 Å². The number of fused-ring (bicyclic) bond motifs is 2. The Hall–Kier alpha value is -3.32. The Bertz CT molecular complexity index is 1070. The Kier molecular flexibility index (Phi) is 3.40. The molecule has 2 aromatic heterocycles. The van der Waals surface area contributed by atoms with Crippen molar-refractivity contribution >= 4 is 33.6 Å². The molecule has 4 rings (SSSR count). The van der Waals surface area contributed by atoms with E-state index in [1.807, 2.05) is 42.5 Å². The molecule has 1 N–H and O–H groups in total. The average Bonchev–Trinajstić information content (AvgIpc) is 3.21. The van der Waals surface area contributed by atoms with Gasteiger partial charge in [0.25, 0.3) is 0 Å². The molecule has 116 valence electrons. The van der Waals surface area contributed by atoms with E-state index in [0.717, 1.165) is 28.5 Å². The van der Waals surface area contributed by atoms with E-state index in [0.29, 0.717) is 11.4 Å². The lowest BCUT2D eigenvalue weighted by Gasteiger charge is -1.97. The zero-order valence-corrected chi connectivity index (χ0v) is 13.3. The van der Waals surface area contributed by atoms with Crippen molar-refractivity contribution in [1.29, 1.82) is 5.26 Å². The van der Waals surface area contributed by atoms with Gasteiger partial charge in [0.1, 0.15) is 11.9 Å². The molecule has 2 heterocycles. The van der Waals surface area contributed by atoms with Crippen LogP contribution in [0.1, 0.15) is 18.3 Å². The molecule has 4 aromatic rings. The number of aromatic amines is 1. The largest absolute Gasteiger partial charge is 0.347 e. The molecule has 0 amide bonds. The molecule has 0 aliphatic rings. The fraction of sp³-hybridized carbons (Fsp3) is 0.100. The van der Waals surface area contributed by atoms with Crippen LogP contribution in [0.15, 0.2) is 54.7 Å². The Morgan fingerprint density at radius 2 is 2.00 bits per heavy atom. The molecule has 0 aliphatic heterocycles. The van der Waals surface area contributed by atoms with E-state index >= 15 is 0 Å². The second-order valence-electron chi connectivity index (χ2n) is 5.66. The van der Waals surface area contributed by atoms with Gasteiger partial charge in [0, 0.05) is 29.2 Å². The maximum atomic E-state index is 9.62. The van der Waals surface area contributed by atoms with Gasteiger partial charge in [0.2, 0.25) is 0 Å². The van der Waals surface area contributed by atoms with Crippen molar-refractivity contribution in [3.05, 3.63) is 66.1 Å². The number of nitriles is 1. The summed E-state index contributed by atoms with van der Waals surface area (Å²) in [5, 5.41) is 10.8. The zero-order valence-electron chi connectivity index (χ0n) is 13.3. The van der Waals surface area contributed by atoms with Crippen molar-refractivity contribution in [2.45, 2.75) is 13.5 Å². The number of imidazole rings is 1. The van der Waals surface area contributed by atoms with Crippen LogP contribution in [0.25, 0.3) is 33.6 Å². The first-order valence-corrected chi connectivity index (χ1v) is 7.95. The first kappa shape index (κ1) is 14.3. The summed E-state index contributed by atoms with van der Waals surface area (Å²) < 4.78 is 2.19. The molecule has 0 bridgehead atoms. The van der Waals surface area contributed by atoms with E-state index in [-0.39, 0.29) is 0 Å². The van der Waals surface area contributed by atoms with Crippen LogP contribution in [0.4, 0.5) is 0 Å². The SMILES string of the molecule is CCn1cc(/C=C(\C#N)c2nc3ccccc3[nH]2)c2ccccc21. The van der Waals surface area contributed by atoms with E-state index in [1.54, 1.807) is 0 Å². The molecule has 0 spiro atoms. The van der Waals surface area contributed by atoms with Crippen LogP contribution in [0.2, 0.25) is 0 Å². The highest BCUT2D eigenvalue weighted by molar-refractivity contribution is 5.98. The smallest absolute Gasteiger partial charge is 0.149 e. The number of aryl methyl sites for hydroxylation is 1. The number of hydrogen-bond donors (Lipinski definition) is 1. The number of allylic oxidation sites excluding steroid dienone is 1. The Morgan fingerprint density at radius 1 is 1.21 bits per heavy atom. The second-order valence-corrected chi connectivity index (χ2v) is 5.66. The molecule has 2 aromatic carbocycles. The summed E-state index contributed by atoms with van der Waals surface area (Å²) >= 11 is 0. The van der Waals surface area contributed by atoms with Gasteiger partial charge in [-0.3, -0.25) is 0 Å². The Morgan fingerprint density at radius 3 is 2.79 bits per heavy atom. The lowest BCUT2D eigenvalue weighted by Crippen LogP contribution is -1.89. The van der Waals surface area contributed by atoms with E-state index in [9.17, 15) is 5.26 Å². The maximum Gasteiger partial charge on any atom is 0.149 e. The number of nitrogens with one attached hydrogen (secondary N) is 1.